The number of carbonyl (C=O) groups is 2. The van der Waals surface area contributed by atoms with E-state index in [9.17, 15) is 9.59 Å². The molecule has 1 fully saturated rings. The predicted molar refractivity (Wildman–Crippen MR) is 75.7 cm³/mol. The maximum Gasteiger partial charge on any atom is 0.317 e. The Morgan fingerprint density at radius 1 is 1.35 bits per heavy atom. The number of nitrogens with zero attached hydrogens (tertiary/aromatic N) is 1. The van der Waals surface area contributed by atoms with E-state index in [1.807, 2.05) is 20.8 Å². The molecule has 0 aromatic carbocycles. The minimum atomic E-state index is -0.843. The van der Waals surface area contributed by atoms with Crippen LogP contribution >= 0.6 is 0 Å². The summed E-state index contributed by atoms with van der Waals surface area (Å²) >= 11 is 0. The number of hydrogen-bond donors (Lipinski definition) is 2. The van der Waals surface area contributed by atoms with Gasteiger partial charge < -0.3 is 20.1 Å². The van der Waals surface area contributed by atoms with Gasteiger partial charge in [0.1, 0.15) is 0 Å². The first-order chi connectivity index (χ1) is 9.34. The van der Waals surface area contributed by atoms with Crippen LogP contribution in [0.3, 0.4) is 0 Å². The van der Waals surface area contributed by atoms with Crippen molar-refractivity contribution in [3.63, 3.8) is 0 Å². The highest BCUT2D eigenvalue weighted by Crippen LogP contribution is 2.16. The molecule has 6 nitrogen and oxygen atoms in total. The lowest BCUT2D eigenvalue weighted by Gasteiger charge is -2.35. The van der Waals surface area contributed by atoms with E-state index in [-0.39, 0.29) is 18.6 Å². The Morgan fingerprint density at radius 2 is 1.95 bits per heavy atom. The molecule has 0 saturated carbocycles. The molecule has 0 spiro atoms. The highest BCUT2D eigenvalue weighted by Gasteiger charge is 2.27. The summed E-state index contributed by atoms with van der Waals surface area (Å²) in [5.74, 6) is -0.843. The number of aliphatic carboxylic acids is 1. The summed E-state index contributed by atoms with van der Waals surface area (Å²) in [6.45, 7) is 7.75. The van der Waals surface area contributed by atoms with E-state index in [1.165, 1.54) is 0 Å². The Morgan fingerprint density at radius 3 is 2.45 bits per heavy atom. The predicted octanol–water partition coefficient (Wildman–Crippen LogP) is 1.84. The number of likely N-dealkylation sites (tertiary alicyclic amines) is 1. The number of carboxylic acid groups (broad SMARTS) is 1. The molecule has 1 aliphatic rings. The van der Waals surface area contributed by atoms with Gasteiger partial charge in [-0.3, -0.25) is 4.79 Å². The fourth-order valence-corrected chi connectivity index (χ4v) is 2.31. The first-order valence-electron chi connectivity index (χ1n) is 7.24. The summed E-state index contributed by atoms with van der Waals surface area (Å²) in [6, 6.07) is -0.115. The summed E-state index contributed by atoms with van der Waals surface area (Å²) in [5, 5.41) is 11.6. The van der Waals surface area contributed by atoms with Crippen LogP contribution in [0.1, 0.15) is 46.5 Å². The molecule has 1 rings (SSSR count). The molecule has 1 heterocycles. The van der Waals surface area contributed by atoms with Gasteiger partial charge in [0.15, 0.2) is 0 Å². The van der Waals surface area contributed by atoms with E-state index in [4.69, 9.17) is 9.84 Å². The summed E-state index contributed by atoms with van der Waals surface area (Å²) < 4.78 is 5.55. The molecule has 6 heteroatoms. The molecule has 1 saturated heterocycles. The van der Waals surface area contributed by atoms with Crippen LogP contribution in [0.2, 0.25) is 0 Å². The Bertz CT molecular complexity index is 336. The van der Waals surface area contributed by atoms with Crippen LogP contribution in [-0.2, 0) is 9.53 Å². The van der Waals surface area contributed by atoms with Crippen molar-refractivity contribution in [1.29, 1.82) is 0 Å². The molecule has 0 atom stereocenters. The van der Waals surface area contributed by atoms with E-state index in [2.05, 4.69) is 5.32 Å². The van der Waals surface area contributed by atoms with Gasteiger partial charge in [-0.15, -0.1) is 0 Å². The van der Waals surface area contributed by atoms with E-state index in [0.29, 0.717) is 26.1 Å². The van der Waals surface area contributed by atoms with Gasteiger partial charge in [0.05, 0.1) is 6.10 Å². The third-order valence-corrected chi connectivity index (χ3v) is 3.54. The number of rotatable bonds is 6. The number of amides is 2. The quantitative estimate of drug-likeness (QED) is 0.781. The molecule has 0 radical (unpaired) electrons. The minimum Gasteiger partial charge on any atom is -0.481 e. The smallest absolute Gasteiger partial charge is 0.317 e. The first-order valence-corrected chi connectivity index (χ1v) is 7.24. The van der Waals surface area contributed by atoms with Gasteiger partial charge in [0, 0.05) is 31.7 Å². The van der Waals surface area contributed by atoms with Crippen LogP contribution < -0.4 is 5.32 Å². The first kappa shape index (κ1) is 16.8. The second-order valence-electron chi connectivity index (χ2n) is 5.85. The zero-order valence-electron chi connectivity index (χ0n) is 12.6. The molecule has 0 aliphatic carbocycles. The Labute approximate surface area is 120 Å². The topological polar surface area (TPSA) is 78.9 Å². The second-order valence-corrected chi connectivity index (χ2v) is 5.85. The van der Waals surface area contributed by atoms with Crippen molar-refractivity contribution >= 4 is 12.0 Å². The molecule has 116 valence electrons. The largest absolute Gasteiger partial charge is 0.481 e. The monoisotopic (exact) mass is 286 g/mol. The molecular formula is C14H26N2O4. The van der Waals surface area contributed by atoms with Gasteiger partial charge in [0.2, 0.25) is 0 Å². The molecule has 2 N–H and O–H groups in total. The maximum absolute atomic E-state index is 12.1. The summed E-state index contributed by atoms with van der Waals surface area (Å²) in [5.41, 5.74) is -0.508. The number of ether oxygens (including phenoxy) is 1. The molecule has 1 aliphatic heterocycles. The Balaban J connectivity index is 2.37. The molecule has 0 unspecified atom stereocenters. The molecule has 20 heavy (non-hydrogen) atoms. The number of urea groups is 1. The fourth-order valence-electron chi connectivity index (χ4n) is 2.31. The number of carbonyl (C=O) groups excluding carboxylic acids is 1. The third-order valence-electron chi connectivity index (χ3n) is 3.54. The number of hydrogen-bond acceptors (Lipinski definition) is 3. The lowest BCUT2D eigenvalue weighted by atomic mass is 9.98. The van der Waals surface area contributed by atoms with Crippen molar-refractivity contribution < 1.29 is 19.4 Å². The molecular weight excluding hydrogens is 260 g/mol. The van der Waals surface area contributed by atoms with Gasteiger partial charge in [-0.2, -0.15) is 0 Å². The highest BCUT2D eigenvalue weighted by molar-refractivity contribution is 5.75. The van der Waals surface area contributed by atoms with Gasteiger partial charge in [-0.05, 0) is 40.0 Å². The van der Waals surface area contributed by atoms with Gasteiger partial charge >= 0.3 is 12.0 Å². The normalized spacial score (nSPS) is 17.1. The van der Waals surface area contributed by atoms with Gasteiger partial charge in [0.25, 0.3) is 0 Å². The average molecular weight is 286 g/mol. The van der Waals surface area contributed by atoms with E-state index in [0.717, 1.165) is 12.8 Å². The summed E-state index contributed by atoms with van der Waals surface area (Å²) in [7, 11) is 0. The molecule has 0 aromatic rings. The van der Waals surface area contributed by atoms with Crippen molar-refractivity contribution in [2.45, 2.75) is 58.1 Å². The Kier molecular flexibility index (Phi) is 6.26. The maximum atomic E-state index is 12.1. The van der Waals surface area contributed by atoms with Crippen LogP contribution in [0.4, 0.5) is 4.79 Å². The standard InChI is InChI=1S/C14H26N2O4/c1-4-20-11-6-9-16(10-7-11)13(19)15-14(2,3)8-5-12(17)18/h11H,4-10H2,1-3H3,(H,15,19)(H,17,18). The van der Waals surface area contributed by atoms with Crippen molar-refractivity contribution in [3.8, 4) is 0 Å². The zero-order valence-corrected chi connectivity index (χ0v) is 12.6. The lowest BCUT2D eigenvalue weighted by Crippen LogP contribution is -2.52. The van der Waals surface area contributed by atoms with Crippen molar-refractivity contribution in [3.05, 3.63) is 0 Å². The third kappa shape index (κ3) is 5.77. The van der Waals surface area contributed by atoms with Crippen molar-refractivity contribution in [2.75, 3.05) is 19.7 Å². The Hall–Kier alpha value is -1.30. The molecule has 0 aromatic heterocycles. The SMILES string of the molecule is CCOC1CCN(C(=O)NC(C)(C)CCC(=O)O)CC1. The molecule has 2 amide bonds. The molecule has 0 bridgehead atoms. The number of nitrogens with one attached hydrogen (secondary N) is 1. The van der Waals surface area contributed by atoms with E-state index < -0.39 is 11.5 Å². The summed E-state index contributed by atoms with van der Waals surface area (Å²) in [6.07, 6.45) is 2.45. The van der Waals surface area contributed by atoms with E-state index >= 15 is 0 Å². The fraction of sp³-hybridized carbons (Fsp3) is 0.857. The highest BCUT2D eigenvalue weighted by atomic mass is 16.5. The van der Waals surface area contributed by atoms with E-state index in [1.54, 1.807) is 4.90 Å². The van der Waals surface area contributed by atoms with Crippen LogP contribution in [-0.4, -0.2) is 53.3 Å². The minimum absolute atomic E-state index is 0.0553. The average Bonchev–Trinajstić information content (AvgIpc) is 2.37. The lowest BCUT2D eigenvalue weighted by molar-refractivity contribution is -0.137. The zero-order chi connectivity index (χ0) is 15.2. The summed E-state index contributed by atoms with van der Waals surface area (Å²) in [4.78, 5) is 24.5. The van der Waals surface area contributed by atoms with Crippen LogP contribution in [0, 0.1) is 0 Å². The van der Waals surface area contributed by atoms with Gasteiger partial charge in [-0.1, -0.05) is 0 Å². The van der Waals surface area contributed by atoms with Crippen molar-refractivity contribution in [2.24, 2.45) is 0 Å². The number of carboxylic acids is 1. The van der Waals surface area contributed by atoms with Crippen molar-refractivity contribution in [1.82, 2.24) is 10.2 Å². The van der Waals surface area contributed by atoms with Crippen LogP contribution in [0.5, 0.6) is 0 Å². The van der Waals surface area contributed by atoms with Crippen LogP contribution in [0.15, 0.2) is 0 Å². The van der Waals surface area contributed by atoms with Gasteiger partial charge in [-0.25, -0.2) is 4.79 Å². The number of piperidine rings is 1. The second kappa shape index (κ2) is 7.47. The van der Waals surface area contributed by atoms with Crippen LogP contribution in [0.25, 0.3) is 0 Å².